The second kappa shape index (κ2) is 6.56. The molecule has 2 aromatic carbocycles. The molecule has 4 rings (SSSR count). The van der Waals surface area contributed by atoms with Crippen molar-refractivity contribution in [2.24, 2.45) is 0 Å². The fourth-order valence-corrected chi connectivity index (χ4v) is 4.59. The minimum Gasteiger partial charge on any atom is -0.385 e. The van der Waals surface area contributed by atoms with E-state index in [0.717, 1.165) is 5.56 Å². The molecule has 2 saturated heterocycles. The largest absolute Gasteiger partial charge is 0.385 e. The highest BCUT2D eigenvalue weighted by Crippen LogP contribution is 2.48. The quantitative estimate of drug-likeness (QED) is 0.483. The van der Waals surface area contributed by atoms with Crippen LogP contribution in [0.4, 0.5) is 22.0 Å². The minimum absolute atomic E-state index is 0.0747. The van der Waals surface area contributed by atoms with Gasteiger partial charge in [0, 0.05) is 18.6 Å². The second-order valence-electron chi connectivity index (χ2n) is 7.43. The van der Waals surface area contributed by atoms with Crippen molar-refractivity contribution in [1.29, 1.82) is 0 Å². The maximum Gasteiger partial charge on any atom is 0.200 e. The first-order chi connectivity index (χ1) is 12.8. The Labute approximate surface area is 153 Å². The van der Waals surface area contributed by atoms with E-state index in [4.69, 9.17) is 0 Å². The predicted molar refractivity (Wildman–Crippen MR) is 88.2 cm³/mol. The molecule has 27 heavy (non-hydrogen) atoms. The average molecular weight is 383 g/mol. The number of aliphatic hydroxyl groups is 1. The van der Waals surface area contributed by atoms with E-state index in [-0.39, 0.29) is 24.9 Å². The maximum atomic E-state index is 14.3. The lowest BCUT2D eigenvalue weighted by Crippen LogP contribution is -2.50. The van der Waals surface area contributed by atoms with Crippen LogP contribution in [0.3, 0.4) is 0 Å². The Morgan fingerprint density at radius 2 is 1.30 bits per heavy atom. The highest BCUT2D eigenvalue weighted by atomic mass is 19.2. The van der Waals surface area contributed by atoms with Gasteiger partial charge in [0.1, 0.15) is 0 Å². The summed E-state index contributed by atoms with van der Waals surface area (Å²) in [6, 6.07) is 9.26. The molecule has 0 aliphatic carbocycles. The molecule has 2 aromatic rings. The predicted octanol–water partition coefficient (Wildman–Crippen LogP) is 4.40. The third-order valence-corrected chi connectivity index (χ3v) is 5.80. The van der Waals surface area contributed by atoms with Gasteiger partial charge in [-0.25, -0.2) is 22.0 Å². The van der Waals surface area contributed by atoms with E-state index >= 15 is 0 Å². The molecule has 2 nitrogen and oxygen atoms in total. The van der Waals surface area contributed by atoms with E-state index in [9.17, 15) is 27.1 Å². The number of benzene rings is 2. The van der Waals surface area contributed by atoms with Crippen molar-refractivity contribution in [3.05, 3.63) is 70.5 Å². The van der Waals surface area contributed by atoms with Crippen molar-refractivity contribution >= 4 is 0 Å². The van der Waals surface area contributed by atoms with Crippen molar-refractivity contribution in [2.75, 3.05) is 0 Å². The average Bonchev–Trinajstić information content (AvgIpc) is 2.89. The van der Waals surface area contributed by atoms with Gasteiger partial charge in [-0.1, -0.05) is 30.3 Å². The van der Waals surface area contributed by atoms with E-state index in [1.807, 2.05) is 30.3 Å². The monoisotopic (exact) mass is 383 g/mol. The lowest BCUT2D eigenvalue weighted by atomic mass is 9.79. The van der Waals surface area contributed by atoms with E-state index < -0.39 is 40.3 Å². The van der Waals surface area contributed by atoms with Gasteiger partial charge >= 0.3 is 0 Å². The van der Waals surface area contributed by atoms with Crippen LogP contribution in [0.5, 0.6) is 0 Å². The molecular formula is C20H18F5NO. The van der Waals surface area contributed by atoms with Crippen molar-refractivity contribution in [3.63, 3.8) is 0 Å². The summed E-state index contributed by atoms with van der Waals surface area (Å²) in [5.74, 6) is -10.1. The second-order valence-corrected chi connectivity index (χ2v) is 7.43. The topological polar surface area (TPSA) is 23.5 Å². The third kappa shape index (κ3) is 2.93. The molecule has 2 bridgehead atoms. The Hall–Kier alpha value is -1.99. The summed E-state index contributed by atoms with van der Waals surface area (Å²) in [6.07, 6.45) is 1.26. The normalized spacial score (nSPS) is 27.9. The molecule has 2 heterocycles. The summed E-state index contributed by atoms with van der Waals surface area (Å²) in [6.45, 7) is 0.614. The summed E-state index contributed by atoms with van der Waals surface area (Å²) in [5, 5.41) is 10.9. The first kappa shape index (κ1) is 18.4. The van der Waals surface area contributed by atoms with E-state index in [0.29, 0.717) is 19.4 Å². The highest BCUT2D eigenvalue weighted by molar-refractivity contribution is 5.31. The van der Waals surface area contributed by atoms with Gasteiger partial charge in [0.05, 0.1) is 11.2 Å². The lowest BCUT2D eigenvalue weighted by molar-refractivity contribution is -0.0646. The number of halogens is 5. The van der Waals surface area contributed by atoms with Gasteiger partial charge in [0.15, 0.2) is 23.3 Å². The molecule has 7 heteroatoms. The Bertz CT molecular complexity index is 829. The standard InChI is InChI=1S/C20H18F5NO/c21-15-14(16(22)18(24)19(25)17(15)23)20(27)8-12-6-7-13(9-20)26(12)10-11-4-2-1-3-5-11/h1-5,12-13,27H,6-10H2. The van der Waals surface area contributed by atoms with Crippen molar-refractivity contribution in [2.45, 2.75) is 49.9 Å². The molecule has 2 unspecified atom stereocenters. The van der Waals surface area contributed by atoms with Crippen LogP contribution in [0.1, 0.15) is 36.8 Å². The molecule has 0 amide bonds. The van der Waals surface area contributed by atoms with Crippen LogP contribution in [0.25, 0.3) is 0 Å². The van der Waals surface area contributed by atoms with Crippen LogP contribution in [-0.2, 0) is 12.1 Å². The molecule has 0 saturated carbocycles. The Balaban J connectivity index is 1.67. The minimum atomic E-state index is -2.21. The van der Waals surface area contributed by atoms with Gasteiger partial charge in [-0.3, -0.25) is 4.90 Å². The molecule has 2 fully saturated rings. The zero-order valence-electron chi connectivity index (χ0n) is 14.4. The lowest BCUT2D eigenvalue weighted by Gasteiger charge is -2.44. The van der Waals surface area contributed by atoms with Crippen LogP contribution in [0.2, 0.25) is 0 Å². The molecule has 0 radical (unpaired) electrons. The Morgan fingerprint density at radius 3 is 1.81 bits per heavy atom. The summed E-state index contributed by atoms with van der Waals surface area (Å²) in [5.41, 5.74) is -2.12. The number of fused-ring (bicyclic) bond motifs is 2. The fourth-order valence-electron chi connectivity index (χ4n) is 4.59. The number of rotatable bonds is 3. The van der Waals surface area contributed by atoms with Crippen molar-refractivity contribution in [1.82, 2.24) is 4.90 Å². The van der Waals surface area contributed by atoms with E-state index in [1.165, 1.54) is 0 Å². The molecule has 0 aromatic heterocycles. The first-order valence-corrected chi connectivity index (χ1v) is 8.86. The molecule has 1 N–H and O–H groups in total. The summed E-state index contributed by atoms with van der Waals surface area (Å²) >= 11 is 0. The maximum absolute atomic E-state index is 14.3. The van der Waals surface area contributed by atoms with Gasteiger partial charge in [0.25, 0.3) is 0 Å². The summed E-state index contributed by atoms with van der Waals surface area (Å²) in [4.78, 5) is 2.15. The first-order valence-electron chi connectivity index (χ1n) is 8.86. The molecule has 144 valence electrons. The number of nitrogens with zero attached hydrogens (tertiary/aromatic N) is 1. The molecule has 2 atom stereocenters. The highest BCUT2D eigenvalue weighted by Gasteiger charge is 2.51. The van der Waals surface area contributed by atoms with Gasteiger partial charge in [0.2, 0.25) is 5.82 Å². The number of piperidine rings is 1. The Kier molecular flexibility index (Phi) is 4.47. The molecule has 2 aliphatic rings. The summed E-state index contributed by atoms with van der Waals surface area (Å²) in [7, 11) is 0. The van der Waals surface area contributed by atoms with E-state index in [1.54, 1.807) is 0 Å². The van der Waals surface area contributed by atoms with Crippen molar-refractivity contribution in [3.8, 4) is 0 Å². The number of hydrogen-bond acceptors (Lipinski definition) is 2. The zero-order valence-corrected chi connectivity index (χ0v) is 14.4. The van der Waals surface area contributed by atoms with Crippen LogP contribution in [0.15, 0.2) is 30.3 Å². The van der Waals surface area contributed by atoms with Crippen LogP contribution >= 0.6 is 0 Å². The summed E-state index contributed by atoms with van der Waals surface area (Å²) < 4.78 is 69.1. The fraction of sp³-hybridized carbons (Fsp3) is 0.400. The van der Waals surface area contributed by atoms with Crippen LogP contribution < -0.4 is 0 Å². The molecule has 0 spiro atoms. The molecular weight excluding hydrogens is 365 g/mol. The molecule has 2 aliphatic heterocycles. The van der Waals surface area contributed by atoms with Crippen LogP contribution in [0, 0.1) is 29.1 Å². The van der Waals surface area contributed by atoms with Crippen molar-refractivity contribution < 1.29 is 27.1 Å². The van der Waals surface area contributed by atoms with Gasteiger partial charge < -0.3 is 5.11 Å². The smallest absolute Gasteiger partial charge is 0.200 e. The van der Waals surface area contributed by atoms with Crippen LogP contribution in [-0.4, -0.2) is 22.1 Å². The third-order valence-electron chi connectivity index (χ3n) is 5.80. The van der Waals surface area contributed by atoms with Gasteiger partial charge in [-0.05, 0) is 31.2 Å². The van der Waals surface area contributed by atoms with E-state index in [2.05, 4.69) is 4.90 Å². The van der Waals surface area contributed by atoms with Gasteiger partial charge in [-0.2, -0.15) is 0 Å². The SMILES string of the molecule is OC1(c2c(F)c(F)c(F)c(F)c2F)CC2CCC(C1)N2Cc1ccccc1. The number of hydrogen-bond donors (Lipinski definition) is 1. The zero-order chi connectivity index (χ0) is 19.3. The van der Waals surface area contributed by atoms with Gasteiger partial charge in [-0.15, -0.1) is 0 Å². The Morgan fingerprint density at radius 1 is 0.815 bits per heavy atom.